The number of allylic oxidation sites excluding steroid dienone is 1. The second kappa shape index (κ2) is 8.80. The molecule has 2 unspecified atom stereocenters. The van der Waals surface area contributed by atoms with Gasteiger partial charge >= 0.3 is 6.03 Å². The zero-order valence-corrected chi connectivity index (χ0v) is 17.0. The highest BCUT2D eigenvalue weighted by atomic mass is 35.5. The predicted molar refractivity (Wildman–Crippen MR) is 110 cm³/mol. The number of rotatable bonds is 6. The Kier molecular flexibility index (Phi) is 6.44. The first-order valence-corrected chi connectivity index (χ1v) is 10.2. The summed E-state index contributed by atoms with van der Waals surface area (Å²) in [5.74, 6) is 0.569. The van der Waals surface area contributed by atoms with Crippen molar-refractivity contribution < 1.29 is 9.59 Å². The van der Waals surface area contributed by atoms with Crippen LogP contribution in [0.4, 0.5) is 4.79 Å². The molecule has 0 saturated carbocycles. The van der Waals surface area contributed by atoms with E-state index in [2.05, 4.69) is 22.4 Å². The number of amidine groups is 1. The molecule has 1 fully saturated rings. The van der Waals surface area contributed by atoms with Gasteiger partial charge < -0.3 is 9.80 Å². The molecule has 2 heterocycles. The van der Waals surface area contributed by atoms with Crippen molar-refractivity contribution in [3.05, 3.63) is 47.0 Å². The summed E-state index contributed by atoms with van der Waals surface area (Å²) in [4.78, 5) is 32.4. The molecule has 2 aliphatic rings. The van der Waals surface area contributed by atoms with E-state index in [-0.39, 0.29) is 5.91 Å². The number of nitrogens with one attached hydrogen (secondary N) is 1. The quantitative estimate of drug-likeness (QED) is 0.737. The Bertz CT molecular complexity index is 764. The van der Waals surface area contributed by atoms with Crippen LogP contribution in [-0.2, 0) is 11.2 Å². The molecule has 1 N–H and O–H groups in total. The van der Waals surface area contributed by atoms with Crippen LogP contribution in [0.5, 0.6) is 0 Å². The van der Waals surface area contributed by atoms with E-state index >= 15 is 0 Å². The smallest absolute Gasteiger partial charge is 0.325 e. The van der Waals surface area contributed by atoms with E-state index in [9.17, 15) is 9.59 Å². The molecule has 0 radical (unpaired) electrons. The molecule has 1 saturated heterocycles. The van der Waals surface area contributed by atoms with Gasteiger partial charge in [-0.25, -0.2) is 9.79 Å². The van der Waals surface area contributed by atoms with E-state index in [1.54, 1.807) is 25.7 Å². The standard InChI is InChI=1S/C19H23ClN4O2S/c1-13(20)10-11-24-15-16(23(2)18(26)22-17(15)25)21-19(24)27-12-6-9-14-7-4-3-5-8-14/h3-5,7-8,10,15-16H,6,9,11-12H2,1-2H3,(H,22,25,26)/b13-10+. The van der Waals surface area contributed by atoms with Gasteiger partial charge in [0.1, 0.15) is 0 Å². The van der Waals surface area contributed by atoms with Gasteiger partial charge in [-0.3, -0.25) is 10.1 Å². The largest absolute Gasteiger partial charge is 0.332 e. The number of aryl methyl sites for hydroxylation is 1. The van der Waals surface area contributed by atoms with Crippen molar-refractivity contribution in [3.63, 3.8) is 0 Å². The van der Waals surface area contributed by atoms with Crippen LogP contribution in [0, 0.1) is 0 Å². The number of likely N-dealkylation sites (N-methyl/N-ethyl adjacent to an activating group) is 1. The van der Waals surface area contributed by atoms with E-state index < -0.39 is 18.2 Å². The number of hydrogen-bond acceptors (Lipinski definition) is 5. The first-order chi connectivity index (χ1) is 13.0. The fourth-order valence-corrected chi connectivity index (χ4v) is 4.20. The van der Waals surface area contributed by atoms with Crippen molar-refractivity contribution in [2.24, 2.45) is 4.99 Å². The van der Waals surface area contributed by atoms with Crippen LogP contribution in [0.25, 0.3) is 0 Å². The summed E-state index contributed by atoms with van der Waals surface area (Å²) in [5.41, 5.74) is 1.31. The Balaban J connectivity index is 1.67. The summed E-state index contributed by atoms with van der Waals surface area (Å²) in [6.45, 7) is 2.28. The number of hydrogen-bond donors (Lipinski definition) is 1. The molecular formula is C19H23ClN4O2S. The third-order valence-electron chi connectivity index (χ3n) is 4.58. The normalized spacial score (nSPS) is 22.6. The molecular weight excluding hydrogens is 384 g/mol. The van der Waals surface area contributed by atoms with Gasteiger partial charge in [0, 0.05) is 24.4 Å². The molecule has 2 aliphatic heterocycles. The summed E-state index contributed by atoms with van der Waals surface area (Å²) in [7, 11) is 1.66. The van der Waals surface area contributed by atoms with Crippen LogP contribution in [0.3, 0.4) is 0 Å². The van der Waals surface area contributed by atoms with E-state index in [4.69, 9.17) is 11.6 Å². The van der Waals surface area contributed by atoms with Gasteiger partial charge in [-0.1, -0.05) is 59.8 Å². The maximum absolute atomic E-state index is 12.4. The number of imide groups is 1. The molecule has 3 rings (SSSR count). The summed E-state index contributed by atoms with van der Waals surface area (Å²) >= 11 is 7.60. The second-order valence-corrected chi connectivity index (χ2v) is 8.21. The maximum Gasteiger partial charge on any atom is 0.325 e. The van der Waals surface area contributed by atoms with Crippen LogP contribution >= 0.6 is 23.4 Å². The fourth-order valence-electron chi connectivity index (χ4n) is 3.12. The molecule has 144 valence electrons. The molecule has 3 amide bonds. The first kappa shape index (κ1) is 19.8. The number of halogens is 1. The van der Waals surface area contributed by atoms with Gasteiger partial charge in [0.05, 0.1) is 0 Å². The number of benzene rings is 1. The molecule has 8 heteroatoms. The van der Waals surface area contributed by atoms with Crippen LogP contribution in [0.15, 0.2) is 46.4 Å². The highest BCUT2D eigenvalue weighted by Gasteiger charge is 2.48. The summed E-state index contributed by atoms with van der Waals surface area (Å²) < 4.78 is 0. The Morgan fingerprint density at radius 3 is 2.78 bits per heavy atom. The molecule has 0 aliphatic carbocycles. The minimum absolute atomic E-state index is 0.313. The van der Waals surface area contributed by atoms with Crippen LogP contribution < -0.4 is 5.32 Å². The Morgan fingerprint density at radius 1 is 1.33 bits per heavy atom. The zero-order chi connectivity index (χ0) is 19.4. The third-order valence-corrected chi connectivity index (χ3v) is 5.82. The summed E-state index contributed by atoms with van der Waals surface area (Å²) in [6, 6.07) is 9.42. The number of carbonyl (C=O) groups is 2. The number of thioether (sulfide) groups is 1. The van der Waals surface area contributed by atoms with Crippen LogP contribution in [-0.4, -0.2) is 58.5 Å². The summed E-state index contributed by atoms with van der Waals surface area (Å²) in [5, 5.41) is 3.84. The van der Waals surface area contributed by atoms with Gasteiger partial charge in [-0.2, -0.15) is 0 Å². The summed E-state index contributed by atoms with van der Waals surface area (Å²) in [6.07, 6.45) is 3.36. The van der Waals surface area contributed by atoms with Crippen molar-refractivity contribution >= 4 is 40.5 Å². The fraction of sp³-hybridized carbons (Fsp3) is 0.421. The van der Waals surface area contributed by atoms with Gasteiger partial charge in [-0.05, 0) is 25.3 Å². The molecule has 1 aromatic rings. The third kappa shape index (κ3) is 4.65. The minimum atomic E-state index is -0.517. The number of amides is 3. The number of urea groups is 1. The predicted octanol–water partition coefficient (Wildman–Crippen LogP) is 3.04. The lowest BCUT2D eigenvalue weighted by atomic mass is 10.1. The van der Waals surface area contributed by atoms with Crippen molar-refractivity contribution in [1.82, 2.24) is 15.1 Å². The van der Waals surface area contributed by atoms with E-state index in [0.29, 0.717) is 11.6 Å². The minimum Gasteiger partial charge on any atom is -0.332 e. The number of fused-ring (bicyclic) bond motifs is 1. The maximum atomic E-state index is 12.4. The number of nitrogens with zero attached hydrogens (tertiary/aromatic N) is 3. The monoisotopic (exact) mass is 406 g/mol. The average Bonchev–Trinajstić information content (AvgIpc) is 3.01. The van der Waals surface area contributed by atoms with E-state index in [1.165, 1.54) is 10.5 Å². The zero-order valence-electron chi connectivity index (χ0n) is 15.4. The van der Waals surface area contributed by atoms with Crippen molar-refractivity contribution in [3.8, 4) is 0 Å². The number of aliphatic imine (C=N–C) groups is 1. The SMILES string of the molecule is C/C(Cl)=C\CN1C(SCCCc2ccccc2)=NC2C1C(=O)NC(=O)N2C. The highest BCUT2D eigenvalue weighted by Crippen LogP contribution is 2.29. The van der Waals surface area contributed by atoms with E-state index in [0.717, 1.165) is 23.8 Å². The molecule has 2 atom stereocenters. The second-order valence-electron chi connectivity index (χ2n) is 6.56. The molecule has 1 aromatic carbocycles. The van der Waals surface area contributed by atoms with Gasteiger partial charge in [0.25, 0.3) is 5.91 Å². The first-order valence-electron chi connectivity index (χ1n) is 8.88. The van der Waals surface area contributed by atoms with E-state index in [1.807, 2.05) is 29.2 Å². The highest BCUT2D eigenvalue weighted by molar-refractivity contribution is 8.13. The molecule has 0 spiro atoms. The lowest BCUT2D eigenvalue weighted by molar-refractivity contribution is -0.126. The van der Waals surface area contributed by atoms with Crippen molar-refractivity contribution in [2.75, 3.05) is 19.3 Å². The molecule has 0 bridgehead atoms. The topological polar surface area (TPSA) is 65.0 Å². The van der Waals surface area contributed by atoms with Crippen molar-refractivity contribution in [1.29, 1.82) is 0 Å². The van der Waals surface area contributed by atoms with Crippen LogP contribution in [0.2, 0.25) is 0 Å². The lowest BCUT2D eigenvalue weighted by Gasteiger charge is -2.35. The molecule has 6 nitrogen and oxygen atoms in total. The van der Waals surface area contributed by atoms with Gasteiger partial charge in [0.15, 0.2) is 17.4 Å². The van der Waals surface area contributed by atoms with Gasteiger partial charge in [0.2, 0.25) is 0 Å². The molecule has 27 heavy (non-hydrogen) atoms. The average molecular weight is 407 g/mol. The van der Waals surface area contributed by atoms with Gasteiger partial charge in [-0.15, -0.1) is 0 Å². The molecule has 0 aromatic heterocycles. The van der Waals surface area contributed by atoms with Crippen molar-refractivity contribution in [2.45, 2.75) is 32.0 Å². The van der Waals surface area contributed by atoms with Crippen LogP contribution in [0.1, 0.15) is 18.9 Å². The number of carbonyl (C=O) groups excluding carboxylic acids is 2. The Morgan fingerprint density at radius 2 is 2.07 bits per heavy atom. The lowest BCUT2D eigenvalue weighted by Crippen LogP contribution is -2.63. The Labute approximate surface area is 168 Å². The Hall–Kier alpha value is -1.99.